The summed E-state index contributed by atoms with van der Waals surface area (Å²) in [6, 6.07) is 0. The van der Waals surface area contributed by atoms with Crippen LogP contribution in [-0.4, -0.2) is 13.0 Å². The van der Waals surface area contributed by atoms with E-state index in [1.807, 2.05) is 0 Å². The van der Waals surface area contributed by atoms with Crippen molar-refractivity contribution in [3.05, 3.63) is 0 Å². The first kappa shape index (κ1) is 1.29. The fourth-order valence-electron chi connectivity index (χ4n) is 0. The van der Waals surface area contributed by atoms with Crippen molar-refractivity contribution in [2.45, 2.75) is 6.92 Å². The molecule has 0 heterocycles. The summed E-state index contributed by atoms with van der Waals surface area (Å²) in [6.45, 7) is 1.05. The predicted octanol–water partition coefficient (Wildman–Crippen LogP) is 0.179. The second kappa shape index (κ2) is 1.76. The molecule has 0 amide bonds. The summed E-state index contributed by atoms with van der Waals surface area (Å²) >= 11 is 0. The highest BCUT2D eigenvalue weighted by Gasteiger charge is 1.75. The first-order valence-electron chi connectivity index (χ1n) is 2.61. The Hall–Kier alpha value is -0.530. The minimum atomic E-state index is -2.58. The van der Waals surface area contributed by atoms with E-state index in [0.29, 0.717) is 0 Å². The van der Waals surface area contributed by atoms with Gasteiger partial charge in [0.25, 0.3) is 0 Å². The number of esters is 1. The number of hydrogen-bond acceptors (Lipinski definition) is 2. The van der Waals surface area contributed by atoms with Crippen LogP contribution in [0.25, 0.3) is 0 Å². The minimum absolute atomic E-state index is 0.787. The van der Waals surface area contributed by atoms with E-state index in [-0.39, 0.29) is 0 Å². The minimum Gasteiger partial charge on any atom is -0.469 e. The maximum absolute atomic E-state index is 9.88. The summed E-state index contributed by atoms with van der Waals surface area (Å²) in [5, 5.41) is 0. The van der Waals surface area contributed by atoms with Crippen LogP contribution >= 0.6 is 0 Å². The van der Waals surface area contributed by atoms with Crippen molar-refractivity contribution in [1.82, 2.24) is 0 Å². The quantitative estimate of drug-likeness (QED) is 0.385. The molecule has 0 aliphatic heterocycles. The lowest BCUT2D eigenvalue weighted by Gasteiger charge is -1.80. The molecule has 0 N–H and O–H groups in total. The molecule has 0 aromatic rings. The molecular weight excluding hydrogens is 68.0 g/mol. The standard InChI is InChI=1S/C3H6O2/c1-3(4)5-2/h1-2H3/i2D3. The average molecular weight is 77.1 g/mol. The molecule has 0 radical (unpaired) electrons. The molecule has 0 aliphatic carbocycles. The monoisotopic (exact) mass is 77.1 g/mol. The molecule has 0 bridgehead atoms. The summed E-state index contributed by atoms with van der Waals surface area (Å²) in [7, 11) is -2.58. The van der Waals surface area contributed by atoms with E-state index in [1.165, 1.54) is 0 Å². The molecule has 0 saturated heterocycles. The van der Waals surface area contributed by atoms with Crippen molar-refractivity contribution in [3.63, 3.8) is 0 Å². The number of hydrogen-bond donors (Lipinski definition) is 0. The van der Waals surface area contributed by atoms with Gasteiger partial charge in [0.2, 0.25) is 0 Å². The van der Waals surface area contributed by atoms with Gasteiger partial charge >= 0.3 is 5.97 Å². The van der Waals surface area contributed by atoms with Gasteiger partial charge in [0, 0.05) is 6.92 Å². The summed E-state index contributed by atoms with van der Waals surface area (Å²) in [5.74, 6) is -0.787. The van der Waals surface area contributed by atoms with Crippen LogP contribution in [0.5, 0.6) is 0 Å². The molecular formula is C3H6O2. The Morgan fingerprint density at radius 1 is 2.20 bits per heavy atom. The molecule has 0 saturated carbocycles. The van der Waals surface area contributed by atoms with Crippen LogP contribution in [0.1, 0.15) is 11.0 Å². The SMILES string of the molecule is [2H]C([2H])([2H])OC(C)=O. The van der Waals surface area contributed by atoms with Gasteiger partial charge in [-0.3, -0.25) is 4.79 Å². The Kier molecular flexibility index (Phi) is 0.452. The number of rotatable bonds is 0. The van der Waals surface area contributed by atoms with E-state index in [1.54, 1.807) is 0 Å². The molecule has 0 spiro atoms. The molecule has 0 aromatic heterocycles. The van der Waals surface area contributed by atoms with E-state index >= 15 is 0 Å². The topological polar surface area (TPSA) is 26.3 Å². The van der Waals surface area contributed by atoms with Gasteiger partial charge < -0.3 is 4.74 Å². The Bertz CT molecular complexity index is 95.2. The molecule has 0 unspecified atom stereocenters. The summed E-state index contributed by atoms with van der Waals surface area (Å²) in [5.41, 5.74) is 0. The highest BCUT2D eigenvalue weighted by atomic mass is 16.5. The van der Waals surface area contributed by atoms with E-state index in [4.69, 9.17) is 4.11 Å². The van der Waals surface area contributed by atoms with E-state index in [0.717, 1.165) is 6.92 Å². The fourth-order valence-corrected chi connectivity index (χ4v) is 0. The zero-order valence-electron chi connectivity index (χ0n) is 5.82. The van der Waals surface area contributed by atoms with Gasteiger partial charge in [-0.15, -0.1) is 0 Å². The largest absolute Gasteiger partial charge is 0.469 e. The van der Waals surface area contributed by atoms with Gasteiger partial charge in [0.15, 0.2) is 0 Å². The van der Waals surface area contributed by atoms with Gasteiger partial charge in [0.1, 0.15) is 0 Å². The van der Waals surface area contributed by atoms with Crippen LogP contribution < -0.4 is 0 Å². The smallest absolute Gasteiger partial charge is 0.302 e. The number of ether oxygens (including phenoxy) is 1. The van der Waals surface area contributed by atoms with Crippen molar-refractivity contribution in [2.75, 3.05) is 7.04 Å². The van der Waals surface area contributed by atoms with Gasteiger partial charge in [-0.1, -0.05) is 0 Å². The number of carbonyl (C=O) groups is 1. The molecule has 2 heteroatoms. The molecule has 0 aromatic carbocycles. The molecule has 5 heavy (non-hydrogen) atoms. The van der Waals surface area contributed by atoms with Crippen molar-refractivity contribution < 1.29 is 13.6 Å². The second-order valence-electron chi connectivity index (χ2n) is 0.594. The van der Waals surface area contributed by atoms with E-state index < -0.39 is 13.0 Å². The normalized spacial score (nSPS) is 18.2. The first-order chi connectivity index (χ1) is 3.42. The van der Waals surface area contributed by atoms with Crippen LogP contribution in [0.2, 0.25) is 0 Å². The van der Waals surface area contributed by atoms with Gasteiger partial charge in [0.05, 0.1) is 11.2 Å². The van der Waals surface area contributed by atoms with Crippen LogP contribution in [-0.2, 0) is 9.53 Å². The average Bonchev–Trinajstić information content (AvgIpc) is 1.21. The third kappa shape index (κ3) is 3.47. The highest BCUT2D eigenvalue weighted by molar-refractivity contribution is 5.65. The zero-order valence-corrected chi connectivity index (χ0v) is 2.82. The Morgan fingerprint density at radius 2 is 2.80 bits per heavy atom. The van der Waals surface area contributed by atoms with Crippen molar-refractivity contribution in [2.24, 2.45) is 0 Å². The molecule has 0 fully saturated rings. The lowest BCUT2D eigenvalue weighted by Crippen LogP contribution is -1.88. The molecule has 0 rings (SSSR count). The first-order valence-corrected chi connectivity index (χ1v) is 1.11. The molecule has 0 aliphatic rings. The molecule has 30 valence electrons. The van der Waals surface area contributed by atoms with Gasteiger partial charge in [-0.25, -0.2) is 0 Å². The highest BCUT2D eigenvalue weighted by Crippen LogP contribution is 1.60. The summed E-state index contributed by atoms with van der Waals surface area (Å²) in [4.78, 5) is 9.88. The number of methoxy groups -OCH3 is 1. The third-order valence-electron chi connectivity index (χ3n) is 0.144. The zero-order chi connectivity index (χ0) is 6.78. The second-order valence-corrected chi connectivity index (χ2v) is 0.594. The number of carbonyl (C=O) groups excluding carboxylic acids is 1. The summed E-state index contributed by atoms with van der Waals surface area (Å²) < 4.78 is 22.9. The van der Waals surface area contributed by atoms with Crippen molar-refractivity contribution in [1.29, 1.82) is 0 Å². The lowest BCUT2D eigenvalue weighted by atomic mass is 10.8. The van der Waals surface area contributed by atoms with Gasteiger partial charge in [-0.2, -0.15) is 0 Å². The van der Waals surface area contributed by atoms with Crippen LogP contribution in [0.3, 0.4) is 0 Å². The van der Waals surface area contributed by atoms with E-state index in [9.17, 15) is 4.79 Å². The maximum atomic E-state index is 9.88. The predicted molar refractivity (Wildman–Crippen MR) is 17.7 cm³/mol. The third-order valence-corrected chi connectivity index (χ3v) is 0.144. The van der Waals surface area contributed by atoms with Crippen molar-refractivity contribution in [3.8, 4) is 0 Å². The van der Waals surface area contributed by atoms with E-state index in [2.05, 4.69) is 4.74 Å². The Morgan fingerprint density at radius 3 is 2.80 bits per heavy atom. The molecule has 2 nitrogen and oxygen atoms in total. The van der Waals surface area contributed by atoms with Crippen LogP contribution in [0, 0.1) is 0 Å². The van der Waals surface area contributed by atoms with Crippen LogP contribution in [0.4, 0.5) is 0 Å². The maximum Gasteiger partial charge on any atom is 0.302 e. The van der Waals surface area contributed by atoms with Crippen molar-refractivity contribution >= 4 is 5.97 Å². The van der Waals surface area contributed by atoms with Crippen LogP contribution in [0.15, 0.2) is 0 Å². The Labute approximate surface area is 35.0 Å². The molecule has 0 atom stereocenters. The summed E-state index contributed by atoms with van der Waals surface area (Å²) in [6.07, 6.45) is 0. The Balaban J connectivity index is 3.55. The fraction of sp³-hybridized carbons (Fsp3) is 0.667. The van der Waals surface area contributed by atoms with Gasteiger partial charge in [-0.05, 0) is 0 Å². The lowest BCUT2D eigenvalue weighted by molar-refractivity contribution is -0.137.